The Morgan fingerprint density at radius 3 is 2.63 bits per heavy atom. The zero-order chi connectivity index (χ0) is 19.2. The van der Waals surface area contributed by atoms with Crippen molar-refractivity contribution in [2.45, 2.75) is 20.3 Å². The molecule has 2 aromatic rings. The van der Waals surface area contributed by atoms with Crippen LogP contribution in [0.1, 0.15) is 19.4 Å². The predicted octanol–water partition coefficient (Wildman–Crippen LogP) is 2.54. The Kier molecular flexibility index (Phi) is 6.47. The first-order valence-electron chi connectivity index (χ1n) is 9.53. The molecule has 1 fully saturated rings. The molecule has 0 atom stereocenters. The Morgan fingerprint density at radius 1 is 1.19 bits per heavy atom. The van der Waals surface area contributed by atoms with Crippen LogP contribution >= 0.6 is 0 Å². The first-order valence-corrected chi connectivity index (χ1v) is 9.53. The minimum atomic E-state index is -0.317. The normalized spacial score (nSPS) is 15.0. The van der Waals surface area contributed by atoms with Gasteiger partial charge in [0.1, 0.15) is 5.58 Å². The van der Waals surface area contributed by atoms with Gasteiger partial charge in [-0.15, -0.1) is 0 Å². The molecule has 1 aliphatic heterocycles. The van der Waals surface area contributed by atoms with E-state index in [9.17, 15) is 9.59 Å². The lowest BCUT2D eigenvalue weighted by molar-refractivity contribution is 0.0384. The summed E-state index contributed by atoms with van der Waals surface area (Å²) in [4.78, 5) is 28.5. The molecule has 27 heavy (non-hydrogen) atoms. The summed E-state index contributed by atoms with van der Waals surface area (Å²) in [6.07, 6.45) is 0.652. The summed E-state index contributed by atoms with van der Waals surface area (Å²) >= 11 is 0. The number of ether oxygens (including phenoxy) is 1. The summed E-state index contributed by atoms with van der Waals surface area (Å²) < 4.78 is 10.9. The minimum Gasteiger partial charge on any atom is -0.422 e. The fourth-order valence-electron chi connectivity index (χ4n) is 3.22. The maximum absolute atomic E-state index is 12.3. The number of carbonyl (C=O) groups is 1. The van der Waals surface area contributed by atoms with Gasteiger partial charge in [-0.2, -0.15) is 0 Å². The number of rotatable bonds is 6. The largest absolute Gasteiger partial charge is 0.422 e. The van der Waals surface area contributed by atoms with Crippen molar-refractivity contribution in [3.05, 3.63) is 40.2 Å². The van der Waals surface area contributed by atoms with Gasteiger partial charge >= 0.3 is 11.7 Å². The van der Waals surface area contributed by atoms with Gasteiger partial charge in [0.05, 0.1) is 13.2 Å². The molecular weight excluding hydrogens is 346 g/mol. The van der Waals surface area contributed by atoms with E-state index in [1.165, 1.54) is 0 Å². The van der Waals surface area contributed by atoms with Gasteiger partial charge in [0.2, 0.25) is 0 Å². The molecule has 0 spiro atoms. The number of amides is 2. The van der Waals surface area contributed by atoms with Crippen LogP contribution in [0.2, 0.25) is 0 Å². The number of fused-ring (bicyclic) bond motifs is 1. The Morgan fingerprint density at radius 2 is 1.93 bits per heavy atom. The number of nitrogens with one attached hydrogen (secondary N) is 1. The molecule has 7 nitrogen and oxygen atoms in total. The summed E-state index contributed by atoms with van der Waals surface area (Å²) in [5.41, 5.74) is 1.45. The van der Waals surface area contributed by atoms with E-state index in [-0.39, 0.29) is 11.7 Å². The lowest BCUT2D eigenvalue weighted by atomic mass is 10.1. The van der Waals surface area contributed by atoms with Crippen molar-refractivity contribution in [2.75, 3.05) is 51.3 Å². The molecule has 1 aromatic carbocycles. The molecule has 146 valence electrons. The van der Waals surface area contributed by atoms with Crippen molar-refractivity contribution in [2.24, 2.45) is 0 Å². The van der Waals surface area contributed by atoms with Crippen LogP contribution in [0.15, 0.2) is 33.5 Å². The summed E-state index contributed by atoms with van der Waals surface area (Å²) in [6.45, 7) is 9.24. The Balaban J connectivity index is 1.72. The smallest absolute Gasteiger partial charge is 0.339 e. The number of anilines is 1. The lowest BCUT2D eigenvalue weighted by Gasteiger charge is -2.26. The Bertz CT molecular complexity index is 839. The van der Waals surface area contributed by atoms with E-state index < -0.39 is 0 Å². The summed E-state index contributed by atoms with van der Waals surface area (Å²) in [5.74, 6) is 0. The second-order valence-electron chi connectivity index (χ2n) is 6.62. The standard InChI is InChI=1S/C20H27N3O4/c1-3-23(4-2)20(25)21-17-6-5-15-13-16(19(24)27-18(15)14-17)7-8-22-9-11-26-12-10-22/h5-6,13-14H,3-4,7-12H2,1-2H3,(H,21,25). The van der Waals surface area contributed by atoms with Gasteiger partial charge in [0, 0.05) is 55.4 Å². The van der Waals surface area contributed by atoms with Crippen LogP contribution in [-0.2, 0) is 11.2 Å². The molecular formula is C20H27N3O4. The van der Waals surface area contributed by atoms with Crippen LogP contribution in [0, 0.1) is 0 Å². The average molecular weight is 373 g/mol. The molecule has 0 aliphatic carbocycles. The van der Waals surface area contributed by atoms with E-state index in [1.54, 1.807) is 11.0 Å². The topological polar surface area (TPSA) is 75.0 Å². The monoisotopic (exact) mass is 373 g/mol. The van der Waals surface area contributed by atoms with Crippen LogP contribution in [-0.4, -0.2) is 61.8 Å². The predicted molar refractivity (Wildman–Crippen MR) is 105 cm³/mol. The number of morpholine rings is 1. The molecule has 1 saturated heterocycles. The first-order chi connectivity index (χ1) is 13.1. The highest BCUT2D eigenvalue weighted by Gasteiger charge is 2.13. The third-order valence-corrected chi connectivity index (χ3v) is 4.91. The van der Waals surface area contributed by atoms with Gasteiger partial charge < -0.3 is 19.4 Å². The number of hydrogen-bond acceptors (Lipinski definition) is 5. The number of hydrogen-bond donors (Lipinski definition) is 1. The molecule has 7 heteroatoms. The van der Waals surface area contributed by atoms with Crippen molar-refractivity contribution < 1.29 is 13.9 Å². The van der Waals surface area contributed by atoms with Gasteiger partial charge in [-0.25, -0.2) is 9.59 Å². The van der Waals surface area contributed by atoms with Gasteiger partial charge in [0.15, 0.2) is 0 Å². The fourth-order valence-corrected chi connectivity index (χ4v) is 3.22. The highest BCUT2D eigenvalue weighted by atomic mass is 16.5. The third-order valence-electron chi connectivity index (χ3n) is 4.91. The van der Waals surface area contributed by atoms with Crippen LogP contribution in [0.5, 0.6) is 0 Å². The van der Waals surface area contributed by atoms with Gasteiger partial charge in [-0.3, -0.25) is 4.90 Å². The zero-order valence-electron chi connectivity index (χ0n) is 16.0. The first kappa shape index (κ1) is 19.4. The van der Waals surface area contributed by atoms with Gasteiger partial charge in [-0.05, 0) is 38.5 Å². The average Bonchev–Trinajstić information content (AvgIpc) is 2.68. The number of benzene rings is 1. The molecule has 1 N–H and O–H groups in total. The Hall–Kier alpha value is -2.38. The van der Waals surface area contributed by atoms with E-state index in [0.29, 0.717) is 36.3 Å². The summed E-state index contributed by atoms with van der Waals surface area (Å²) in [7, 11) is 0. The summed E-state index contributed by atoms with van der Waals surface area (Å²) in [5, 5.41) is 3.70. The van der Waals surface area contributed by atoms with Crippen molar-refractivity contribution in [3.8, 4) is 0 Å². The molecule has 1 aliphatic rings. The quantitative estimate of drug-likeness (QED) is 0.788. The molecule has 1 aromatic heterocycles. The maximum Gasteiger partial charge on any atom is 0.339 e. The van der Waals surface area contributed by atoms with Gasteiger partial charge in [-0.1, -0.05) is 0 Å². The van der Waals surface area contributed by atoms with Crippen LogP contribution in [0.3, 0.4) is 0 Å². The molecule has 0 saturated carbocycles. The molecule has 3 rings (SSSR count). The van der Waals surface area contributed by atoms with E-state index in [4.69, 9.17) is 9.15 Å². The van der Waals surface area contributed by atoms with Crippen LogP contribution in [0.25, 0.3) is 11.0 Å². The molecule has 0 unspecified atom stereocenters. The molecule has 2 amide bonds. The summed E-state index contributed by atoms with van der Waals surface area (Å²) in [6, 6.07) is 7.12. The highest BCUT2D eigenvalue weighted by molar-refractivity contribution is 5.92. The van der Waals surface area contributed by atoms with Crippen LogP contribution < -0.4 is 10.9 Å². The molecule has 0 radical (unpaired) electrons. The number of carbonyl (C=O) groups excluding carboxylic acids is 1. The van der Waals surface area contributed by atoms with Crippen LogP contribution in [0.4, 0.5) is 10.5 Å². The van der Waals surface area contributed by atoms with Crippen molar-refractivity contribution >= 4 is 22.7 Å². The fraction of sp³-hybridized carbons (Fsp3) is 0.500. The molecule has 2 heterocycles. The number of nitrogens with zero attached hydrogens (tertiary/aromatic N) is 2. The minimum absolute atomic E-state index is 0.163. The van der Waals surface area contributed by atoms with Crippen molar-refractivity contribution in [1.29, 1.82) is 0 Å². The van der Waals surface area contributed by atoms with Crippen molar-refractivity contribution in [3.63, 3.8) is 0 Å². The van der Waals surface area contributed by atoms with Gasteiger partial charge in [0.25, 0.3) is 0 Å². The third kappa shape index (κ3) is 4.87. The lowest BCUT2D eigenvalue weighted by Crippen LogP contribution is -2.37. The Labute approximate surface area is 158 Å². The van der Waals surface area contributed by atoms with E-state index in [0.717, 1.165) is 38.2 Å². The van der Waals surface area contributed by atoms with Crippen molar-refractivity contribution in [1.82, 2.24) is 9.80 Å². The number of urea groups is 1. The van der Waals surface area contributed by atoms with E-state index >= 15 is 0 Å². The highest BCUT2D eigenvalue weighted by Crippen LogP contribution is 2.19. The second-order valence-corrected chi connectivity index (χ2v) is 6.62. The maximum atomic E-state index is 12.3. The SMILES string of the molecule is CCN(CC)C(=O)Nc1ccc2cc(CCN3CCOCC3)c(=O)oc2c1. The molecule has 0 bridgehead atoms. The second kappa shape index (κ2) is 9.01. The zero-order valence-corrected chi connectivity index (χ0v) is 16.0. The van der Waals surface area contributed by atoms with E-state index in [1.807, 2.05) is 32.0 Å². The van der Waals surface area contributed by atoms with E-state index in [2.05, 4.69) is 10.2 Å².